The highest BCUT2D eigenvalue weighted by molar-refractivity contribution is 5.15. The molecule has 0 aliphatic carbocycles. The van der Waals surface area contributed by atoms with Crippen LogP contribution in [0.4, 0.5) is 0 Å². The van der Waals surface area contributed by atoms with Crippen molar-refractivity contribution in [2.75, 3.05) is 0 Å². The van der Waals surface area contributed by atoms with Crippen molar-refractivity contribution in [1.29, 1.82) is 0 Å². The summed E-state index contributed by atoms with van der Waals surface area (Å²) >= 11 is 0. The third-order valence-corrected chi connectivity index (χ3v) is 5.23. The van der Waals surface area contributed by atoms with E-state index in [0.29, 0.717) is 16.7 Å². The molecule has 0 bridgehead atoms. The van der Waals surface area contributed by atoms with Crippen molar-refractivity contribution in [2.45, 2.75) is 57.4 Å². The van der Waals surface area contributed by atoms with Crippen molar-refractivity contribution >= 4 is 0 Å². The lowest BCUT2D eigenvalue weighted by molar-refractivity contribution is -0.308. The van der Waals surface area contributed by atoms with Gasteiger partial charge in [0.05, 0.1) is 30.0 Å². The lowest BCUT2D eigenvalue weighted by Crippen LogP contribution is -2.59. The molecule has 1 heterocycles. The van der Waals surface area contributed by atoms with E-state index in [1.165, 1.54) is 0 Å². The Bertz CT molecular complexity index is 967. The van der Waals surface area contributed by atoms with Gasteiger partial charge in [-0.2, -0.15) is 0 Å². The molecule has 0 aromatic heterocycles. The molecule has 3 aromatic rings. The van der Waals surface area contributed by atoms with Crippen LogP contribution in [0.15, 0.2) is 91.0 Å². The summed E-state index contributed by atoms with van der Waals surface area (Å²) in [6, 6.07) is 27.1. The molecule has 8 atom stereocenters. The predicted octanol–water partition coefficient (Wildman–Crippen LogP) is 4.48. The zero-order valence-electron chi connectivity index (χ0n) is 20.9. The molecule has 1 aliphatic heterocycles. The molecule has 5 heteroatoms. The van der Waals surface area contributed by atoms with Crippen molar-refractivity contribution in [3.63, 3.8) is 0 Å². The van der Waals surface area contributed by atoms with Crippen LogP contribution >= 0.6 is 0 Å². The van der Waals surface area contributed by atoms with Crippen LogP contribution in [0.1, 0.15) is 27.7 Å². The summed E-state index contributed by atoms with van der Waals surface area (Å²) in [4.78, 5) is 0. The molecule has 1 aliphatic rings. The van der Waals surface area contributed by atoms with Crippen LogP contribution in [0.3, 0.4) is 0 Å². The average Bonchev–Trinajstić information content (AvgIpc) is 2.89. The molecule has 1 saturated heterocycles. The Balaban J connectivity index is 1.61. The first-order chi connectivity index (χ1) is 16.9. The highest BCUT2D eigenvalue weighted by atomic mass is 16.7. The topological polar surface area (TPSA) is 57.2 Å². The Hall–Kier alpha value is -2.54. The van der Waals surface area contributed by atoms with Crippen molar-refractivity contribution in [3.8, 4) is 0 Å². The summed E-state index contributed by atoms with van der Waals surface area (Å²) in [6.45, 7) is -1.55. The fraction of sp³-hybridized carbons (Fsp3) is 0.333. The molecule has 168 valence electrons. The summed E-state index contributed by atoms with van der Waals surface area (Å²) < 4.78 is 49.5. The smallest absolute Gasteiger partial charge is 0.184 e. The molecular formula is C27H30O5. The van der Waals surface area contributed by atoms with Gasteiger partial charge in [-0.05, 0) is 23.6 Å². The van der Waals surface area contributed by atoms with Crippen molar-refractivity contribution in [3.05, 3.63) is 108 Å². The number of rotatable bonds is 9. The highest BCUT2D eigenvalue weighted by Crippen LogP contribution is 2.29. The summed E-state index contributed by atoms with van der Waals surface area (Å²) in [5.74, 6) is 0. The Morgan fingerprint density at radius 2 is 1.03 bits per heavy atom. The number of aliphatic hydroxyl groups excluding tert-OH is 1. The molecule has 5 nitrogen and oxygen atoms in total. The molecule has 0 amide bonds. The van der Waals surface area contributed by atoms with Gasteiger partial charge in [-0.1, -0.05) is 91.0 Å². The van der Waals surface area contributed by atoms with Gasteiger partial charge in [-0.15, -0.1) is 0 Å². The quantitative estimate of drug-likeness (QED) is 0.535. The largest absolute Gasteiger partial charge is 0.368 e. The van der Waals surface area contributed by atoms with E-state index in [4.69, 9.17) is 23.1 Å². The van der Waals surface area contributed by atoms with E-state index in [-0.39, 0.29) is 0 Å². The van der Waals surface area contributed by atoms with Crippen molar-refractivity contribution in [2.24, 2.45) is 0 Å². The fourth-order valence-corrected chi connectivity index (χ4v) is 3.54. The van der Waals surface area contributed by atoms with Crippen LogP contribution < -0.4 is 0 Å². The van der Waals surface area contributed by atoms with Gasteiger partial charge in [0.25, 0.3) is 0 Å². The summed E-state index contributed by atoms with van der Waals surface area (Å²) in [5, 5.41) is 10.8. The zero-order valence-corrected chi connectivity index (χ0v) is 17.9. The summed E-state index contributed by atoms with van der Waals surface area (Å²) in [6.07, 6.45) is -5.01. The van der Waals surface area contributed by atoms with Crippen molar-refractivity contribution in [1.82, 2.24) is 0 Å². The normalized spacial score (nSPS) is 29.8. The molecule has 0 radical (unpaired) electrons. The van der Waals surface area contributed by atoms with Crippen molar-refractivity contribution < 1.29 is 28.2 Å². The fourth-order valence-electron chi connectivity index (χ4n) is 3.54. The van der Waals surface area contributed by atoms with Gasteiger partial charge in [-0.3, -0.25) is 0 Å². The minimum absolute atomic E-state index is 0.600. The number of aliphatic hydroxyl groups is 1. The van der Waals surface area contributed by atoms with Crippen LogP contribution in [-0.2, 0) is 38.7 Å². The molecule has 32 heavy (non-hydrogen) atoms. The maximum atomic E-state index is 10.8. The van der Waals surface area contributed by atoms with Gasteiger partial charge in [0, 0.05) is 0 Å². The van der Waals surface area contributed by atoms with E-state index in [1.807, 2.05) is 42.5 Å². The maximum absolute atomic E-state index is 10.8. The van der Waals surface area contributed by atoms with Crippen LogP contribution in [0.5, 0.6) is 0 Å². The molecule has 4 unspecified atom stereocenters. The second kappa shape index (κ2) is 11.4. The lowest BCUT2D eigenvalue weighted by Gasteiger charge is -2.43. The van der Waals surface area contributed by atoms with Crippen LogP contribution in [0.25, 0.3) is 0 Å². The van der Waals surface area contributed by atoms with Crippen LogP contribution in [-0.4, -0.2) is 35.8 Å². The van der Waals surface area contributed by atoms with Gasteiger partial charge in [0.1, 0.15) is 18.3 Å². The van der Waals surface area contributed by atoms with E-state index in [9.17, 15) is 5.11 Å². The Morgan fingerprint density at radius 3 is 1.47 bits per heavy atom. The second-order valence-electron chi connectivity index (χ2n) is 7.62. The highest BCUT2D eigenvalue weighted by Gasteiger charge is 2.46. The molecular weight excluding hydrogens is 404 g/mol. The molecule has 0 saturated carbocycles. The van der Waals surface area contributed by atoms with E-state index >= 15 is 0 Å². The second-order valence-corrected chi connectivity index (χ2v) is 7.62. The molecule has 1 fully saturated rings. The number of ether oxygens (including phenoxy) is 4. The Morgan fingerprint density at radius 1 is 0.656 bits per heavy atom. The molecule has 0 spiro atoms. The zero-order chi connectivity index (χ0) is 24.8. The van der Waals surface area contributed by atoms with Gasteiger partial charge in [0.2, 0.25) is 0 Å². The first kappa shape index (κ1) is 19.0. The predicted molar refractivity (Wildman–Crippen MR) is 122 cm³/mol. The van der Waals surface area contributed by atoms with Gasteiger partial charge >= 0.3 is 0 Å². The van der Waals surface area contributed by atoms with Crippen LogP contribution in [0.2, 0.25) is 0 Å². The molecule has 1 N–H and O–H groups in total. The van der Waals surface area contributed by atoms with Gasteiger partial charge in [0.15, 0.2) is 6.29 Å². The SMILES string of the molecule is [2H]C(O[C@H]1[C@H](OC([2H])c2ccccc2)[C@@H](OC([2H])c2ccccc2)C(O)O[C@@H]1C)c1ccccc1. The maximum Gasteiger partial charge on any atom is 0.184 e. The van der Waals surface area contributed by atoms with E-state index < -0.39 is 50.5 Å². The van der Waals surface area contributed by atoms with E-state index in [1.54, 1.807) is 55.5 Å². The molecule has 4 rings (SSSR count). The van der Waals surface area contributed by atoms with Crippen LogP contribution in [0, 0.1) is 0 Å². The minimum Gasteiger partial charge on any atom is -0.368 e. The Kier molecular flexibility index (Phi) is 6.74. The minimum atomic E-state index is -1.41. The number of benzene rings is 3. The van der Waals surface area contributed by atoms with Gasteiger partial charge < -0.3 is 24.1 Å². The third kappa shape index (κ3) is 6.03. The first-order valence-electron chi connectivity index (χ1n) is 12.4. The van der Waals surface area contributed by atoms with E-state index in [0.717, 1.165) is 0 Å². The summed E-state index contributed by atoms with van der Waals surface area (Å²) in [7, 11) is 0. The Labute approximate surface area is 193 Å². The average molecular weight is 438 g/mol. The lowest BCUT2D eigenvalue weighted by atomic mass is 9.98. The number of hydrogen-bond donors (Lipinski definition) is 1. The first-order valence-corrected chi connectivity index (χ1v) is 10.7. The number of hydrogen-bond acceptors (Lipinski definition) is 5. The third-order valence-electron chi connectivity index (χ3n) is 5.23. The molecule has 3 aromatic carbocycles. The van der Waals surface area contributed by atoms with Gasteiger partial charge in [-0.25, -0.2) is 0 Å². The summed E-state index contributed by atoms with van der Waals surface area (Å²) in [5.41, 5.74) is 1.87. The standard InChI is InChI=1S/C27H30O5/c1-20-24(29-17-21-11-5-2-6-12-21)25(30-18-22-13-7-3-8-14-22)26(27(28)32-20)31-19-23-15-9-4-10-16-23/h2-16,20,24-28H,17-19H2,1H3/t20-,24-,25+,26-,27?/m1/s1/i17D,18D,19D/t17?,18?,19?,20-,24-,25+,26-,27?. The monoisotopic (exact) mass is 437 g/mol. The van der Waals surface area contributed by atoms with E-state index in [2.05, 4.69) is 0 Å².